The number of carbonyl (C=O) groups excluding carboxylic acids is 3. The number of phenolic OH excluding ortho intramolecular Hbond substituents is 1. The molecule has 7 N–H and O–H groups in total. The molecule has 2 aliphatic rings. The van der Waals surface area contributed by atoms with Crippen molar-refractivity contribution in [2.45, 2.75) is 69.5 Å². The van der Waals surface area contributed by atoms with Gasteiger partial charge in [0.2, 0.25) is 11.2 Å². The second-order valence-electron chi connectivity index (χ2n) is 17.7. The summed E-state index contributed by atoms with van der Waals surface area (Å²) in [5.74, 6) is -0.924. The third kappa shape index (κ3) is 11.4. The first kappa shape index (κ1) is 46.7. The number of ether oxygens (including phenoxy) is 2. The second-order valence-corrected chi connectivity index (χ2v) is 17.7. The van der Waals surface area contributed by atoms with Gasteiger partial charge in [-0.1, -0.05) is 84.9 Å². The lowest BCUT2D eigenvalue weighted by Crippen LogP contribution is -2.54. The molecule has 0 radical (unpaired) electrons. The normalized spacial score (nSPS) is 17.7. The van der Waals surface area contributed by atoms with Gasteiger partial charge in [-0.05, 0) is 116 Å². The van der Waals surface area contributed by atoms with E-state index in [9.17, 15) is 34.5 Å². The Balaban J connectivity index is 0.773. The van der Waals surface area contributed by atoms with E-state index in [1.54, 1.807) is 66.7 Å². The fraction of sp³-hybridized carbons (Fsp3) is 0.321. The van der Waals surface area contributed by atoms with Crippen molar-refractivity contribution in [2.24, 2.45) is 5.92 Å². The number of hydrogen-bond donors (Lipinski definition) is 7. The summed E-state index contributed by atoms with van der Waals surface area (Å²) in [6.45, 7) is 5.16. The van der Waals surface area contributed by atoms with Crippen molar-refractivity contribution in [3.8, 4) is 11.5 Å². The van der Waals surface area contributed by atoms with Crippen molar-refractivity contribution in [1.29, 1.82) is 0 Å². The van der Waals surface area contributed by atoms with Gasteiger partial charge in [-0.3, -0.25) is 19.3 Å². The number of benzene rings is 5. The molecule has 1 aliphatic carbocycles. The van der Waals surface area contributed by atoms with Crippen LogP contribution in [0.3, 0.4) is 0 Å². The Labute approximate surface area is 389 Å². The van der Waals surface area contributed by atoms with E-state index in [0.717, 1.165) is 43.6 Å². The molecule has 67 heavy (non-hydrogen) atoms. The van der Waals surface area contributed by atoms with Crippen LogP contribution in [0.2, 0.25) is 0 Å². The number of phenols is 1. The summed E-state index contributed by atoms with van der Waals surface area (Å²) in [6, 6.07) is 36.7. The highest BCUT2D eigenvalue weighted by atomic mass is 16.5. The van der Waals surface area contributed by atoms with Gasteiger partial charge in [0.25, 0.3) is 11.8 Å². The zero-order valence-electron chi connectivity index (χ0n) is 37.5. The number of aliphatic hydroxyl groups is 2. The number of hydrogen-bond acceptors (Lipinski definition) is 11. The molecule has 14 nitrogen and oxygen atoms in total. The number of carbonyl (C=O) groups is 3. The first-order valence-corrected chi connectivity index (χ1v) is 22.8. The average Bonchev–Trinajstić information content (AvgIpc) is 3.33. The van der Waals surface area contributed by atoms with E-state index < -0.39 is 17.7 Å². The van der Waals surface area contributed by atoms with Crippen molar-refractivity contribution < 1.29 is 39.2 Å². The summed E-state index contributed by atoms with van der Waals surface area (Å²) in [7, 11) is 0. The lowest BCUT2D eigenvalue weighted by atomic mass is 9.86. The highest BCUT2D eigenvalue weighted by Gasteiger charge is 2.42. The van der Waals surface area contributed by atoms with E-state index in [-0.39, 0.29) is 72.0 Å². The maximum atomic E-state index is 13.9. The Morgan fingerprint density at radius 2 is 1.55 bits per heavy atom. The minimum atomic E-state index is -2.11. The average molecular weight is 908 g/mol. The van der Waals surface area contributed by atoms with Crippen LogP contribution >= 0.6 is 0 Å². The van der Waals surface area contributed by atoms with Gasteiger partial charge in [-0.15, -0.1) is 0 Å². The molecule has 8 rings (SSSR count). The molecular weight excluding hydrogens is 851 g/mol. The molecule has 1 saturated carbocycles. The van der Waals surface area contributed by atoms with Crippen molar-refractivity contribution in [1.82, 2.24) is 25.8 Å². The number of aliphatic hydroxyl groups excluding tert-OH is 1. The van der Waals surface area contributed by atoms with Crippen LogP contribution in [0.5, 0.6) is 11.5 Å². The predicted molar refractivity (Wildman–Crippen MR) is 253 cm³/mol. The van der Waals surface area contributed by atoms with Gasteiger partial charge in [0.15, 0.2) is 6.61 Å². The summed E-state index contributed by atoms with van der Waals surface area (Å²) in [5.41, 5.74) is 2.64. The van der Waals surface area contributed by atoms with Gasteiger partial charge in [-0.2, -0.15) is 0 Å². The van der Waals surface area contributed by atoms with Crippen LogP contribution in [-0.2, 0) is 33.0 Å². The summed E-state index contributed by atoms with van der Waals surface area (Å²) in [4.78, 5) is 56.7. The van der Waals surface area contributed by atoms with Gasteiger partial charge in [0.1, 0.15) is 11.5 Å². The van der Waals surface area contributed by atoms with Crippen LogP contribution in [0.15, 0.2) is 132 Å². The largest absolute Gasteiger partial charge is 0.506 e. The second kappa shape index (κ2) is 21.2. The first-order chi connectivity index (χ1) is 32.4. The number of esters is 1. The lowest BCUT2D eigenvalue weighted by Gasteiger charge is -2.36. The molecule has 2 amide bonds. The molecule has 2 atom stereocenters. The fourth-order valence-corrected chi connectivity index (χ4v) is 8.92. The van der Waals surface area contributed by atoms with Crippen LogP contribution in [0.25, 0.3) is 10.9 Å². The number of nitrogens with one attached hydrogen (secondary N) is 4. The van der Waals surface area contributed by atoms with Gasteiger partial charge < -0.3 is 45.7 Å². The van der Waals surface area contributed by atoms with E-state index >= 15 is 0 Å². The number of piperidine rings is 1. The molecule has 1 aliphatic heterocycles. The van der Waals surface area contributed by atoms with Gasteiger partial charge in [-0.25, -0.2) is 4.79 Å². The maximum absolute atomic E-state index is 13.9. The van der Waals surface area contributed by atoms with Crippen molar-refractivity contribution in [2.75, 3.05) is 32.8 Å². The third-order valence-corrected chi connectivity index (χ3v) is 12.9. The molecule has 1 saturated heterocycles. The van der Waals surface area contributed by atoms with Crippen molar-refractivity contribution in [3.05, 3.63) is 177 Å². The van der Waals surface area contributed by atoms with Gasteiger partial charge >= 0.3 is 5.97 Å². The number of pyridine rings is 1. The molecule has 14 heteroatoms. The number of amides is 2. The number of likely N-dealkylation sites (tertiary alicyclic amines) is 1. The topological polar surface area (TPSA) is 203 Å². The number of H-pyrrole nitrogens is 1. The van der Waals surface area contributed by atoms with Crippen LogP contribution in [0, 0.1) is 12.8 Å². The van der Waals surface area contributed by atoms with E-state index in [1.807, 2.05) is 43.3 Å². The van der Waals surface area contributed by atoms with Crippen LogP contribution in [0.1, 0.15) is 75.5 Å². The molecule has 0 bridgehead atoms. The van der Waals surface area contributed by atoms with E-state index in [4.69, 9.17) is 9.47 Å². The monoisotopic (exact) mass is 907 g/mol. The zero-order valence-corrected chi connectivity index (χ0v) is 37.5. The van der Waals surface area contributed by atoms with Crippen LogP contribution < -0.4 is 26.2 Å². The Morgan fingerprint density at radius 1 is 0.836 bits per heavy atom. The smallest absolute Gasteiger partial charge is 0.347 e. The van der Waals surface area contributed by atoms with Crippen LogP contribution in [-0.4, -0.2) is 87.9 Å². The molecule has 0 spiro atoms. The number of nitrogens with zero attached hydrogens (tertiary/aromatic N) is 1. The van der Waals surface area contributed by atoms with Crippen molar-refractivity contribution in [3.63, 3.8) is 0 Å². The van der Waals surface area contributed by atoms with Gasteiger partial charge in [0, 0.05) is 54.3 Å². The first-order valence-electron chi connectivity index (χ1n) is 22.8. The van der Waals surface area contributed by atoms with Crippen LogP contribution in [0.4, 0.5) is 0 Å². The Bertz CT molecular complexity index is 2740. The van der Waals surface area contributed by atoms with E-state index in [2.05, 4.69) is 38.0 Å². The molecular formula is C53H57N5O9. The quantitative estimate of drug-likeness (QED) is 0.0536. The summed E-state index contributed by atoms with van der Waals surface area (Å²) in [6.07, 6.45) is 1.97. The standard InChI is InChI=1S/C53H57N5O9/c1-34-25-37(15-16-38(34)29-54-30-47(60)44-17-19-46(59)50-45(44)18-20-48(61)57-50)51(63)56-42-27-41(28-42)55-49(62)33-66-43-14-8-13-40(26-43)53(65,39-11-6-3-7-12-39)52(64)67-32-36-21-23-58(24-22-36)31-35-9-4-2-5-10-35/h2-20,25-26,36,41-42,47,54,59-60,65H,21-24,27-33H2,1H3,(H,55,62)(H,56,63)(H,57,61)/t41?,42?,47-,53-/m0/s1. The number of aromatic hydroxyl groups is 1. The molecule has 2 heterocycles. The number of aromatic amines is 1. The van der Waals surface area contributed by atoms with E-state index in [1.165, 1.54) is 17.7 Å². The lowest BCUT2D eigenvalue weighted by molar-refractivity contribution is -0.164. The summed E-state index contributed by atoms with van der Waals surface area (Å²) < 4.78 is 11.7. The zero-order chi connectivity index (χ0) is 46.9. The Kier molecular flexibility index (Phi) is 14.8. The highest BCUT2D eigenvalue weighted by Crippen LogP contribution is 2.34. The van der Waals surface area contributed by atoms with Crippen molar-refractivity contribution >= 4 is 28.7 Å². The number of aromatic nitrogens is 1. The molecule has 1 aromatic heterocycles. The molecule has 5 aromatic carbocycles. The third-order valence-electron chi connectivity index (χ3n) is 12.9. The summed E-state index contributed by atoms with van der Waals surface area (Å²) >= 11 is 0. The van der Waals surface area contributed by atoms with Gasteiger partial charge in [0.05, 0.1) is 18.2 Å². The minimum absolute atomic E-state index is 0.0730. The Morgan fingerprint density at radius 3 is 2.30 bits per heavy atom. The fourth-order valence-electron chi connectivity index (χ4n) is 8.92. The molecule has 6 aromatic rings. The number of fused-ring (bicyclic) bond motifs is 1. The summed E-state index contributed by atoms with van der Waals surface area (Å²) in [5, 5.41) is 43.0. The SMILES string of the molecule is Cc1cc(C(=O)NC2CC(NC(=O)COc3cccc([C@](O)(C(=O)OCC4CCN(Cc5ccccc5)CC4)c4ccccc4)c3)C2)ccc1CNC[C@H](O)c1ccc(O)c2[nH]c(=O)ccc12. The molecule has 2 fully saturated rings. The highest BCUT2D eigenvalue weighted by molar-refractivity contribution is 5.95. The van der Waals surface area contributed by atoms with E-state index in [0.29, 0.717) is 47.2 Å². The number of aryl methyl sites for hydroxylation is 1. The number of rotatable bonds is 18. The minimum Gasteiger partial charge on any atom is -0.506 e. The maximum Gasteiger partial charge on any atom is 0.347 e. The predicted octanol–water partition coefficient (Wildman–Crippen LogP) is 5.51. The molecule has 0 unspecified atom stereocenters. The Hall–Kier alpha value is -6.84. The molecule has 348 valence electrons.